The van der Waals surface area contributed by atoms with E-state index in [1.54, 1.807) is 0 Å². The van der Waals surface area contributed by atoms with E-state index in [4.69, 9.17) is 11.6 Å². The fraction of sp³-hybridized carbons (Fsp3) is 0.545. The van der Waals surface area contributed by atoms with E-state index in [9.17, 15) is 10.1 Å². The van der Waals surface area contributed by atoms with Crippen molar-refractivity contribution in [2.45, 2.75) is 26.7 Å². The van der Waals surface area contributed by atoms with Crippen molar-refractivity contribution in [3.63, 3.8) is 0 Å². The van der Waals surface area contributed by atoms with Gasteiger partial charge in [0, 0.05) is 13.1 Å². The second-order valence-electron chi connectivity index (χ2n) is 3.70. The predicted octanol–water partition coefficient (Wildman–Crippen LogP) is 3.27. The van der Waals surface area contributed by atoms with Crippen LogP contribution in [0.1, 0.15) is 26.7 Å². The average Bonchev–Trinajstić information content (AvgIpc) is 2.29. The molecule has 6 heteroatoms. The molecule has 0 spiro atoms. The molecule has 0 aliphatic heterocycles. The minimum atomic E-state index is -0.454. The number of rotatable bonds is 6. The van der Waals surface area contributed by atoms with Crippen molar-refractivity contribution < 1.29 is 4.92 Å². The first kappa shape index (κ1) is 13.7. The van der Waals surface area contributed by atoms with Crippen molar-refractivity contribution in [1.82, 2.24) is 4.98 Å². The zero-order valence-corrected chi connectivity index (χ0v) is 10.8. The maximum atomic E-state index is 10.7. The lowest BCUT2D eigenvalue weighted by Crippen LogP contribution is -2.24. The number of nitrogens with zero attached hydrogens (tertiary/aromatic N) is 3. The molecule has 1 rings (SSSR count). The van der Waals surface area contributed by atoms with Gasteiger partial charge in [0.15, 0.2) is 0 Å². The Labute approximate surface area is 106 Å². The zero-order chi connectivity index (χ0) is 12.8. The number of hydrogen-bond donors (Lipinski definition) is 0. The van der Waals surface area contributed by atoms with Crippen LogP contribution in [0.25, 0.3) is 0 Å². The third-order valence-electron chi connectivity index (χ3n) is 2.46. The first-order chi connectivity index (χ1) is 8.08. The van der Waals surface area contributed by atoms with Gasteiger partial charge >= 0.3 is 0 Å². The van der Waals surface area contributed by atoms with Crippen LogP contribution in [0.4, 0.5) is 11.5 Å². The number of nitro groups is 1. The summed E-state index contributed by atoms with van der Waals surface area (Å²) < 4.78 is 0. The van der Waals surface area contributed by atoms with Crippen molar-refractivity contribution >= 4 is 23.1 Å². The lowest BCUT2D eigenvalue weighted by Gasteiger charge is -2.21. The van der Waals surface area contributed by atoms with Crippen LogP contribution in [-0.4, -0.2) is 23.0 Å². The third kappa shape index (κ3) is 3.85. The van der Waals surface area contributed by atoms with Crippen LogP contribution in [0.2, 0.25) is 5.15 Å². The Morgan fingerprint density at radius 1 is 1.47 bits per heavy atom. The normalized spacial score (nSPS) is 10.3. The van der Waals surface area contributed by atoms with Gasteiger partial charge in [-0.3, -0.25) is 10.1 Å². The summed E-state index contributed by atoms with van der Waals surface area (Å²) in [7, 11) is 0. The van der Waals surface area contributed by atoms with Crippen molar-refractivity contribution in [2.75, 3.05) is 18.0 Å². The molecule has 17 heavy (non-hydrogen) atoms. The molecule has 0 aromatic carbocycles. The van der Waals surface area contributed by atoms with E-state index >= 15 is 0 Å². The molecule has 0 radical (unpaired) electrons. The SMILES string of the molecule is CCCCN(CC)c1cc([N+](=O)[O-])cc(Cl)n1. The molecule has 5 nitrogen and oxygen atoms in total. The molecular weight excluding hydrogens is 242 g/mol. The quantitative estimate of drug-likeness (QED) is 0.446. The first-order valence-electron chi connectivity index (χ1n) is 5.65. The van der Waals surface area contributed by atoms with Crippen LogP contribution in [-0.2, 0) is 0 Å². The summed E-state index contributed by atoms with van der Waals surface area (Å²) in [5.41, 5.74) is -0.0186. The monoisotopic (exact) mass is 257 g/mol. The predicted molar refractivity (Wildman–Crippen MR) is 68.7 cm³/mol. The molecule has 0 amide bonds. The Morgan fingerprint density at radius 2 is 2.18 bits per heavy atom. The van der Waals surface area contributed by atoms with Crippen LogP contribution >= 0.6 is 11.6 Å². The number of halogens is 1. The minimum absolute atomic E-state index is 0.0186. The molecule has 0 saturated heterocycles. The maximum absolute atomic E-state index is 10.7. The Balaban J connectivity index is 2.98. The van der Waals surface area contributed by atoms with Crippen LogP contribution in [0.5, 0.6) is 0 Å². The maximum Gasteiger partial charge on any atom is 0.276 e. The summed E-state index contributed by atoms with van der Waals surface area (Å²) >= 11 is 5.79. The lowest BCUT2D eigenvalue weighted by atomic mass is 10.3. The number of aromatic nitrogens is 1. The zero-order valence-electron chi connectivity index (χ0n) is 10.0. The third-order valence-corrected chi connectivity index (χ3v) is 2.66. The first-order valence-corrected chi connectivity index (χ1v) is 6.03. The smallest absolute Gasteiger partial charge is 0.276 e. The van der Waals surface area contributed by atoms with Crippen molar-refractivity contribution in [2.24, 2.45) is 0 Å². The largest absolute Gasteiger partial charge is 0.357 e. The molecule has 94 valence electrons. The van der Waals surface area contributed by atoms with Gasteiger partial charge in [-0.15, -0.1) is 0 Å². The lowest BCUT2D eigenvalue weighted by molar-refractivity contribution is -0.384. The molecule has 1 heterocycles. The highest BCUT2D eigenvalue weighted by Gasteiger charge is 2.13. The van der Waals surface area contributed by atoms with Crippen LogP contribution in [0, 0.1) is 10.1 Å². The van der Waals surface area contributed by atoms with Gasteiger partial charge in [-0.25, -0.2) is 4.98 Å². The van der Waals surface area contributed by atoms with E-state index in [1.807, 2.05) is 11.8 Å². The highest BCUT2D eigenvalue weighted by Crippen LogP contribution is 2.23. The molecule has 0 saturated carbocycles. The fourth-order valence-electron chi connectivity index (χ4n) is 1.52. The van der Waals surface area contributed by atoms with Crippen LogP contribution in [0.15, 0.2) is 12.1 Å². The minimum Gasteiger partial charge on any atom is -0.357 e. The van der Waals surface area contributed by atoms with Gasteiger partial charge in [0.05, 0.1) is 17.1 Å². The summed E-state index contributed by atoms with van der Waals surface area (Å²) in [6.07, 6.45) is 2.09. The number of hydrogen-bond acceptors (Lipinski definition) is 4. The summed E-state index contributed by atoms with van der Waals surface area (Å²) in [4.78, 5) is 16.4. The molecule has 1 aromatic rings. The Hall–Kier alpha value is -1.36. The second kappa shape index (κ2) is 6.39. The standard InChI is InChI=1S/C11H16ClN3O2/c1-3-5-6-14(4-2)11-8-9(15(16)17)7-10(12)13-11/h7-8H,3-6H2,1-2H3. The Bertz CT molecular complexity index is 398. The van der Waals surface area contributed by atoms with E-state index in [-0.39, 0.29) is 10.8 Å². The van der Waals surface area contributed by atoms with Crippen molar-refractivity contribution in [1.29, 1.82) is 0 Å². The average molecular weight is 258 g/mol. The summed E-state index contributed by atoms with van der Waals surface area (Å²) in [5.74, 6) is 0.570. The van der Waals surface area contributed by atoms with Crippen molar-refractivity contribution in [3.05, 3.63) is 27.4 Å². The Kier molecular flexibility index (Phi) is 5.15. The van der Waals surface area contributed by atoms with Gasteiger partial charge in [0.25, 0.3) is 5.69 Å². The van der Waals surface area contributed by atoms with Gasteiger partial charge < -0.3 is 4.90 Å². The molecule has 0 N–H and O–H groups in total. The highest BCUT2D eigenvalue weighted by molar-refractivity contribution is 6.29. The highest BCUT2D eigenvalue weighted by atomic mass is 35.5. The number of pyridine rings is 1. The van der Waals surface area contributed by atoms with Crippen LogP contribution in [0.3, 0.4) is 0 Å². The molecule has 0 atom stereocenters. The van der Waals surface area contributed by atoms with Crippen LogP contribution < -0.4 is 4.90 Å². The van der Waals surface area contributed by atoms with E-state index in [0.29, 0.717) is 5.82 Å². The van der Waals surface area contributed by atoms with Gasteiger partial charge in [-0.2, -0.15) is 0 Å². The molecule has 0 fully saturated rings. The molecule has 1 aromatic heterocycles. The van der Waals surface area contributed by atoms with E-state index in [0.717, 1.165) is 25.9 Å². The second-order valence-corrected chi connectivity index (χ2v) is 4.08. The fourth-order valence-corrected chi connectivity index (χ4v) is 1.72. The van der Waals surface area contributed by atoms with Gasteiger partial charge in [-0.05, 0) is 13.3 Å². The Morgan fingerprint density at radius 3 is 2.71 bits per heavy atom. The van der Waals surface area contributed by atoms with E-state index < -0.39 is 4.92 Å². The molecule has 0 unspecified atom stereocenters. The summed E-state index contributed by atoms with van der Waals surface area (Å²) in [6.45, 7) is 5.67. The molecular formula is C11H16ClN3O2. The topological polar surface area (TPSA) is 59.3 Å². The van der Waals surface area contributed by atoms with Gasteiger partial charge in [-0.1, -0.05) is 24.9 Å². The summed E-state index contributed by atoms with van der Waals surface area (Å²) in [6, 6.07) is 2.73. The van der Waals surface area contributed by atoms with E-state index in [1.165, 1.54) is 12.1 Å². The molecule has 0 aliphatic rings. The summed E-state index contributed by atoms with van der Waals surface area (Å²) in [5, 5.41) is 10.9. The number of anilines is 1. The van der Waals surface area contributed by atoms with Gasteiger partial charge in [0.1, 0.15) is 11.0 Å². The molecule has 0 aliphatic carbocycles. The molecule has 0 bridgehead atoms. The van der Waals surface area contributed by atoms with Crippen molar-refractivity contribution in [3.8, 4) is 0 Å². The van der Waals surface area contributed by atoms with E-state index in [2.05, 4.69) is 11.9 Å². The number of unbranched alkanes of at least 4 members (excludes halogenated alkanes) is 1. The van der Waals surface area contributed by atoms with Gasteiger partial charge in [0.2, 0.25) is 0 Å².